The van der Waals surface area contributed by atoms with Gasteiger partial charge in [0.2, 0.25) is 0 Å². The number of rotatable bonds is 10. The summed E-state index contributed by atoms with van der Waals surface area (Å²) in [5.74, 6) is 0. The van der Waals surface area contributed by atoms with Crippen molar-refractivity contribution in [2.24, 2.45) is 5.41 Å². The third-order valence-corrected chi connectivity index (χ3v) is 5.89. The molecule has 0 aliphatic carbocycles. The SMILES string of the molecule is CCCCC(CC)(CNCCC)Cc1sccc1Br. The standard InChI is InChI=1S/C16H28BrNS/c1-4-7-9-16(6-3,13-18-10-5-2)12-15-14(17)8-11-19-15/h8,11,18H,4-7,9-10,12-13H2,1-3H3. The first kappa shape index (κ1) is 17.2. The molecule has 0 radical (unpaired) electrons. The van der Waals surface area contributed by atoms with Gasteiger partial charge < -0.3 is 5.32 Å². The number of hydrogen-bond acceptors (Lipinski definition) is 2. The average Bonchev–Trinajstić information content (AvgIpc) is 2.81. The first-order valence-corrected chi connectivity index (χ1v) is 9.27. The molecule has 0 aromatic carbocycles. The van der Waals surface area contributed by atoms with Crippen molar-refractivity contribution >= 4 is 27.3 Å². The van der Waals surface area contributed by atoms with Crippen LogP contribution in [-0.4, -0.2) is 13.1 Å². The van der Waals surface area contributed by atoms with E-state index in [0.717, 1.165) is 13.1 Å². The van der Waals surface area contributed by atoms with Crippen LogP contribution in [0.5, 0.6) is 0 Å². The minimum Gasteiger partial charge on any atom is -0.316 e. The number of hydrogen-bond donors (Lipinski definition) is 1. The van der Waals surface area contributed by atoms with E-state index < -0.39 is 0 Å². The Labute approximate surface area is 131 Å². The van der Waals surface area contributed by atoms with Crippen LogP contribution in [0.3, 0.4) is 0 Å². The third kappa shape index (κ3) is 5.57. The largest absolute Gasteiger partial charge is 0.316 e. The fourth-order valence-electron chi connectivity index (χ4n) is 2.54. The summed E-state index contributed by atoms with van der Waals surface area (Å²) in [7, 11) is 0. The van der Waals surface area contributed by atoms with Crippen LogP contribution in [0.15, 0.2) is 15.9 Å². The molecule has 110 valence electrons. The van der Waals surface area contributed by atoms with Crippen molar-refractivity contribution in [3.8, 4) is 0 Å². The first-order valence-electron chi connectivity index (χ1n) is 7.60. The van der Waals surface area contributed by atoms with Crippen molar-refractivity contribution in [3.63, 3.8) is 0 Å². The van der Waals surface area contributed by atoms with Gasteiger partial charge in [-0.3, -0.25) is 0 Å². The van der Waals surface area contributed by atoms with Crippen LogP contribution < -0.4 is 5.32 Å². The third-order valence-electron chi connectivity index (χ3n) is 3.96. The molecule has 1 aromatic rings. The van der Waals surface area contributed by atoms with E-state index >= 15 is 0 Å². The van der Waals surface area contributed by atoms with E-state index in [1.54, 1.807) is 0 Å². The minimum absolute atomic E-state index is 0.429. The maximum absolute atomic E-state index is 3.69. The van der Waals surface area contributed by atoms with E-state index in [0.29, 0.717) is 5.41 Å². The summed E-state index contributed by atoms with van der Waals surface area (Å²) in [5.41, 5.74) is 0.429. The number of halogens is 1. The van der Waals surface area contributed by atoms with Gasteiger partial charge in [0.15, 0.2) is 0 Å². The van der Waals surface area contributed by atoms with Gasteiger partial charge in [-0.25, -0.2) is 0 Å². The molecule has 19 heavy (non-hydrogen) atoms. The second-order valence-corrected chi connectivity index (χ2v) is 7.36. The summed E-state index contributed by atoms with van der Waals surface area (Å²) in [4.78, 5) is 1.51. The Morgan fingerprint density at radius 3 is 2.58 bits per heavy atom. The zero-order valence-corrected chi connectivity index (χ0v) is 15.0. The van der Waals surface area contributed by atoms with Gasteiger partial charge in [-0.1, -0.05) is 33.6 Å². The Bertz CT molecular complexity index is 350. The minimum atomic E-state index is 0.429. The molecule has 0 saturated carbocycles. The second kappa shape index (κ2) is 9.15. The van der Waals surface area contributed by atoms with E-state index in [4.69, 9.17) is 0 Å². The summed E-state index contributed by atoms with van der Waals surface area (Å²) in [6, 6.07) is 2.18. The molecular formula is C16H28BrNS. The van der Waals surface area contributed by atoms with Crippen molar-refractivity contribution in [2.45, 2.75) is 59.3 Å². The molecule has 0 spiro atoms. The highest BCUT2D eigenvalue weighted by Gasteiger charge is 2.28. The molecule has 1 nitrogen and oxygen atoms in total. The van der Waals surface area contributed by atoms with Crippen LogP contribution in [0.2, 0.25) is 0 Å². The molecule has 0 aliphatic rings. The van der Waals surface area contributed by atoms with Gasteiger partial charge in [0.05, 0.1) is 0 Å². The first-order chi connectivity index (χ1) is 9.17. The van der Waals surface area contributed by atoms with Gasteiger partial charge in [0, 0.05) is 15.9 Å². The Morgan fingerprint density at radius 1 is 1.26 bits per heavy atom. The fraction of sp³-hybridized carbons (Fsp3) is 0.750. The van der Waals surface area contributed by atoms with Gasteiger partial charge in [0.25, 0.3) is 0 Å². The maximum Gasteiger partial charge on any atom is 0.0314 e. The Kier molecular flexibility index (Phi) is 8.27. The van der Waals surface area contributed by atoms with Crippen molar-refractivity contribution in [3.05, 3.63) is 20.8 Å². The van der Waals surface area contributed by atoms with Gasteiger partial charge in [0.1, 0.15) is 0 Å². The van der Waals surface area contributed by atoms with E-state index in [1.807, 2.05) is 11.3 Å². The quantitative estimate of drug-likeness (QED) is 0.541. The smallest absolute Gasteiger partial charge is 0.0314 e. The van der Waals surface area contributed by atoms with Crippen molar-refractivity contribution in [1.29, 1.82) is 0 Å². The summed E-state index contributed by atoms with van der Waals surface area (Å²) in [6.45, 7) is 9.18. The summed E-state index contributed by atoms with van der Waals surface area (Å²) < 4.78 is 1.29. The number of unbranched alkanes of at least 4 members (excludes halogenated alkanes) is 1. The van der Waals surface area contributed by atoms with E-state index in [9.17, 15) is 0 Å². The molecule has 0 bridgehead atoms. The molecule has 0 saturated heterocycles. The molecule has 3 heteroatoms. The lowest BCUT2D eigenvalue weighted by atomic mass is 9.76. The highest BCUT2D eigenvalue weighted by molar-refractivity contribution is 9.10. The molecule has 1 rings (SSSR count). The van der Waals surface area contributed by atoms with E-state index in [-0.39, 0.29) is 0 Å². The normalized spacial score (nSPS) is 14.5. The van der Waals surface area contributed by atoms with Gasteiger partial charge in [-0.05, 0) is 65.0 Å². The molecule has 0 aliphatic heterocycles. The highest BCUT2D eigenvalue weighted by atomic mass is 79.9. The molecule has 0 amide bonds. The highest BCUT2D eigenvalue weighted by Crippen LogP contribution is 2.36. The number of thiophene rings is 1. The summed E-state index contributed by atoms with van der Waals surface area (Å²) >= 11 is 5.58. The zero-order valence-electron chi connectivity index (χ0n) is 12.6. The van der Waals surface area contributed by atoms with Crippen LogP contribution in [0, 0.1) is 5.41 Å². The summed E-state index contributed by atoms with van der Waals surface area (Å²) in [6.07, 6.45) is 7.65. The molecule has 0 fully saturated rings. The van der Waals surface area contributed by atoms with Gasteiger partial charge in [-0.15, -0.1) is 11.3 Å². The summed E-state index contributed by atoms with van der Waals surface area (Å²) in [5, 5.41) is 5.85. The molecule has 1 unspecified atom stereocenters. The topological polar surface area (TPSA) is 12.0 Å². The maximum atomic E-state index is 3.69. The van der Waals surface area contributed by atoms with Gasteiger partial charge in [-0.2, -0.15) is 0 Å². The lowest BCUT2D eigenvalue weighted by Crippen LogP contribution is -2.36. The number of nitrogens with one attached hydrogen (secondary N) is 1. The fourth-order valence-corrected chi connectivity index (χ4v) is 4.21. The molecular weight excluding hydrogens is 318 g/mol. The van der Waals surface area contributed by atoms with Crippen molar-refractivity contribution in [1.82, 2.24) is 5.32 Å². The van der Waals surface area contributed by atoms with Crippen LogP contribution >= 0.6 is 27.3 Å². The molecule has 1 heterocycles. The lowest BCUT2D eigenvalue weighted by molar-refractivity contribution is 0.231. The molecule has 1 N–H and O–H groups in total. The predicted octanol–water partition coefficient (Wildman–Crippen LogP) is 5.64. The zero-order chi connectivity index (χ0) is 14.1. The lowest BCUT2D eigenvalue weighted by Gasteiger charge is -2.33. The van der Waals surface area contributed by atoms with Gasteiger partial charge >= 0.3 is 0 Å². The van der Waals surface area contributed by atoms with Crippen LogP contribution in [0.4, 0.5) is 0 Å². The Balaban J connectivity index is 2.73. The van der Waals surface area contributed by atoms with Crippen LogP contribution in [0.1, 0.15) is 57.8 Å². The Morgan fingerprint density at radius 2 is 2.05 bits per heavy atom. The average molecular weight is 346 g/mol. The predicted molar refractivity (Wildman–Crippen MR) is 91.1 cm³/mol. The van der Waals surface area contributed by atoms with E-state index in [2.05, 4.69) is 53.5 Å². The van der Waals surface area contributed by atoms with E-state index in [1.165, 1.54) is 47.9 Å². The second-order valence-electron chi connectivity index (χ2n) is 5.50. The monoisotopic (exact) mass is 345 g/mol. The van der Waals surface area contributed by atoms with Crippen molar-refractivity contribution in [2.75, 3.05) is 13.1 Å². The Hall–Kier alpha value is 0.140. The van der Waals surface area contributed by atoms with Crippen molar-refractivity contribution < 1.29 is 0 Å². The van der Waals surface area contributed by atoms with Crippen LogP contribution in [0.25, 0.3) is 0 Å². The molecule has 1 atom stereocenters. The van der Waals surface area contributed by atoms with Crippen LogP contribution in [-0.2, 0) is 6.42 Å². The molecule has 1 aromatic heterocycles.